The number of benzene rings is 2. The van der Waals surface area contributed by atoms with Gasteiger partial charge in [-0.15, -0.1) is 0 Å². The van der Waals surface area contributed by atoms with E-state index in [1.54, 1.807) is 18.2 Å². The third-order valence-corrected chi connectivity index (χ3v) is 5.43. The molecule has 2 aromatic carbocycles. The highest BCUT2D eigenvalue weighted by atomic mass is 35.5. The van der Waals surface area contributed by atoms with Crippen molar-refractivity contribution >= 4 is 28.3 Å². The molecule has 0 aliphatic carbocycles. The van der Waals surface area contributed by atoms with Crippen molar-refractivity contribution in [2.24, 2.45) is 0 Å². The fraction of sp³-hybridized carbons (Fsp3) is 0.333. The smallest absolute Gasteiger partial charge is 0.165 e. The van der Waals surface area contributed by atoms with Crippen LogP contribution in [-0.2, 0) is 0 Å². The molecule has 0 radical (unpaired) electrons. The van der Waals surface area contributed by atoms with Crippen LogP contribution in [0, 0.1) is 5.82 Å². The first kappa shape index (κ1) is 17.2. The SMILES string of the molecule is CC1CCCC(C)N1c1nc(-c2ccccc2F)nc2cc(Cl)ccc12. The zero-order chi connectivity index (χ0) is 18.3. The van der Waals surface area contributed by atoms with Crippen molar-refractivity contribution in [3.8, 4) is 11.4 Å². The van der Waals surface area contributed by atoms with Gasteiger partial charge in [0.15, 0.2) is 5.82 Å². The Kier molecular flexibility index (Phi) is 4.53. The Bertz CT molecular complexity index is 949. The Morgan fingerprint density at radius 3 is 2.50 bits per heavy atom. The van der Waals surface area contributed by atoms with Crippen LogP contribution in [0.4, 0.5) is 10.2 Å². The quantitative estimate of drug-likeness (QED) is 0.566. The van der Waals surface area contributed by atoms with Gasteiger partial charge in [0.2, 0.25) is 0 Å². The van der Waals surface area contributed by atoms with Crippen molar-refractivity contribution in [1.29, 1.82) is 0 Å². The maximum atomic E-state index is 14.4. The molecule has 0 amide bonds. The molecule has 2 atom stereocenters. The molecular weight excluding hydrogens is 349 g/mol. The minimum absolute atomic E-state index is 0.320. The van der Waals surface area contributed by atoms with E-state index in [1.807, 2.05) is 18.2 Å². The molecule has 4 rings (SSSR count). The van der Waals surface area contributed by atoms with Gasteiger partial charge in [-0.1, -0.05) is 23.7 Å². The Morgan fingerprint density at radius 1 is 1.04 bits per heavy atom. The second kappa shape index (κ2) is 6.84. The number of hydrogen-bond acceptors (Lipinski definition) is 3. The number of rotatable bonds is 2. The van der Waals surface area contributed by atoms with Gasteiger partial charge in [0.25, 0.3) is 0 Å². The van der Waals surface area contributed by atoms with Crippen LogP contribution in [-0.4, -0.2) is 22.1 Å². The Balaban J connectivity index is 1.97. The van der Waals surface area contributed by atoms with E-state index in [-0.39, 0.29) is 5.82 Å². The van der Waals surface area contributed by atoms with E-state index in [0.29, 0.717) is 28.5 Å². The first-order chi connectivity index (χ1) is 12.5. The average Bonchev–Trinajstić information content (AvgIpc) is 2.61. The third-order valence-electron chi connectivity index (χ3n) is 5.19. The van der Waals surface area contributed by atoms with E-state index in [4.69, 9.17) is 16.6 Å². The van der Waals surface area contributed by atoms with Gasteiger partial charge in [0, 0.05) is 22.5 Å². The molecule has 0 N–H and O–H groups in total. The second-order valence-corrected chi connectivity index (χ2v) is 7.48. The van der Waals surface area contributed by atoms with Crippen molar-refractivity contribution in [3.63, 3.8) is 0 Å². The van der Waals surface area contributed by atoms with Crippen LogP contribution >= 0.6 is 11.6 Å². The molecule has 2 heterocycles. The second-order valence-electron chi connectivity index (χ2n) is 7.05. The van der Waals surface area contributed by atoms with Crippen LogP contribution in [0.2, 0.25) is 5.02 Å². The molecule has 3 aromatic rings. The first-order valence-corrected chi connectivity index (χ1v) is 9.43. The van der Waals surface area contributed by atoms with Crippen LogP contribution in [0.15, 0.2) is 42.5 Å². The van der Waals surface area contributed by atoms with Gasteiger partial charge in [-0.05, 0) is 63.4 Å². The molecule has 26 heavy (non-hydrogen) atoms. The van der Waals surface area contributed by atoms with Gasteiger partial charge in [0.05, 0.1) is 11.1 Å². The normalized spacial score (nSPS) is 20.5. The Labute approximate surface area is 157 Å². The van der Waals surface area contributed by atoms with Crippen molar-refractivity contribution in [2.75, 3.05) is 4.90 Å². The number of piperidine rings is 1. The number of nitrogens with zero attached hydrogens (tertiary/aromatic N) is 3. The summed E-state index contributed by atoms with van der Waals surface area (Å²) in [6.45, 7) is 4.45. The van der Waals surface area contributed by atoms with Gasteiger partial charge in [-0.2, -0.15) is 0 Å². The number of halogens is 2. The average molecular weight is 370 g/mol. The van der Waals surface area contributed by atoms with Gasteiger partial charge >= 0.3 is 0 Å². The van der Waals surface area contributed by atoms with Crippen LogP contribution in [0.1, 0.15) is 33.1 Å². The number of aromatic nitrogens is 2. The van der Waals surface area contributed by atoms with E-state index < -0.39 is 0 Å². The lowest BCUT2D eigenvalue weighted by Gasteiger charge is -2.40. The van der Waals surface area contributed by atoms with E-state index in [2.05, 4.69) is 23.7 Å². The van der Waals surface area contributed by atoms with Crippen molar-refractivity contribution in [1.82, 2.24) is 9.97 Å². The zero-order valence-electron chi connectivity index (χ0n) is 14.9. The Morgan fingerprint density at radius 2 is 1.77 bits per heavy atom. The van der Waals surface area contributed by atoms with E-state index in [1.165, 1.54) is 12.5 Å². The van der Waals surface area contributed by atoms with Gasteiger partial charge in [-0.25, -0.2) is 14.4 Å². The lowest BCUT2D eigenvalue weighted by atomic mass is 9.97. The predicted molar refractivity (Wildman–Crippen MR) is 105 cm³/mol. The molecule has 134 valence electrons. The van der Waals surface area contributed by atoms with E-state index >= 15 is 0 Å². The first-order valence-electron chi connectivity index (χ1n) is 9.05. The summed E-state index contributed by atoms with van der Waals surface area (Å²) in [7, 11) is 0. The largest absolute Gasteiger partial charge is 0.351 e. The van der Waals surface area contributed by atoms with Gasteiger partial charge in [0.1, 0.15) is 11.6 Å². The molecule has 1 aliphatic heterocycles. The van der Waals surface area contributed by atoms with Crippen molar-refractivity contribution < 1.29 is 4.39 Å². The van der Waals surface area contributed by atoms with Crippen molar-refractivity contribution in [3.05, 3.63) is 53.3 Å². The van der Waals surface area contributed by atoms with Crippen LogP contribution in [0.5, 0.6) is 0 Å². The summed E-state index contributed by atoms with van der Waals surface area (Å²) in [5.74, 6) is 0.946. The summed E-state index contributed by atoms with van der Waals surface area (Å²) in [5.41, 5.74) is 1.15. The lowest BCUT2D eigenvalue weighted by molar-refractivity contribution is 0.412. The summed E-state index contributed by atoms with van der Waals surface area (Å²) in [6, 6.07) is 13.0. The summed E-state index contributed by atoms with van der Waals surface area (Å²) < 4.78 is 14.4. The minimum atomic E-state index is -0.320. The van der Waals surface area contributed by atoms with Crippen LogP contribution < -0.4 is 4.90 Å². The summed E-state index contributed by atoms with van der Waals surface area (Å²) in [5, 5.41) is 1.57. The van der Waals surface area contributed by atoms with E-state index in [9.17, 15) is 4.39 Å². The maximum Gasteiger partial charge on any atom is 0.165 e. The molecule has 2 unspecified atom stereocenters. The molecule has 0 spiro atoms. The molecule has 1 aliphatic rings. The Hall–Kier alpha value is -2.20. The molecular formula is C21H21ClFN3. The molecule has 1 aromatic heterocycles. The van der Waals surface area contributed by atoms with Gasteiger partial charge in [-0.3, -0.25) is 0 Å². The fourth-order valence-electron chi connectivity index (χ4n) is 3.88. The van der Waals surface area contributed by atoms with Crippen molar-refractivity contribution in [2.45, 2.75) is 45.2 Å². The monoisotopic (exact) mass is 369 g/mol. The fourth-order valence-corrected chi connectivity index (χ4v) is 4.05. The highest BCUT2D eigenvalue weighted by Gasteiger charge is 2.28. The minimum Gasteiger partial charge on any atom is -0.351 e. The maximum absolute atomic E-state index is 14.4. The molecule has 0 saturated carbocycles. The number of fused-ring (bicyclic) bond motifs is 1. The zero-order valence-corrected chi connectivity index (χ0v) is 15.7. The van der Waals surface area contributed by atoms with Crippen LogP contribution in [0.3, 0.4) is 0 Å². The summed E-state index contributed by atoms with van der Waals surface area (Å²) in [6.07, 6.45) is 3.46. The highest BCUT2D eigenvalue weighted by molar-refractivity contribution is 6.31. The molecule has 1 saturated heterocycles. The predicted octanol–water partition coefficient (Wildman–Crippen LogP) is 5.86. The standard InChI is InChI=1S/C21H21ClFN3/c1-13-6-5-7-14(2)26(13)21-17-11-10-15(22)12-19(17)24-20(25-21)16-8-3-4-9-18(16)23/h3-4,8-14H,5-7H2,1-2H3. The summed E-state index contributed by atoms with van der Waals surface area (Å²) >= 11 is 6.20. The third kappa shape index (κ3) is 3.03. The highest BCUT2D eigenvalue weighted by Crippen LogP contribution is 2.35. The number of hydrogen-bond donors (Lipinski definition) is 0. The molecule has 5 heteroatoms. The molecule has 3 nitrogen and oxygen atoms in total. The summed E-state index contributed by atoms with van der Waals surface area (Å²) in [4.78, 5) is 11.8. The van der Waals surface area contributed by atoms with Crippen LogP contribution in [0.25, 0.3) is 22.3 Å². The van der Waals surface area contributed by atoms with Gasteiger partial charge < -0.3 is 4.90 Å². The topological polar surface area (TPSA) is 29.0 Å². The number of anilines is 1. The molecule has 1 fully saturated rings. The van der Waals surface area contributed by atoms with E-state index in [0.717, 1.165) is 29.6 Å². The lowest BCUT2D eigenvalue weighted by Crippen LogP contribution is -2.44. The molecule has 0 bridgehead atoms.